The number of nitrogens with one attached hydrogen (secondary N) is 1. The fourth-order valence-corrected chi connectivity index (χ4v) is 1.91. The number of hydrogen-bond donors (Lipinski definition) is 2. The summed E-state index contributed by atoms with van der Waals surface area (Å²) < 4.78 is 6.43. The summed E-state index contributed by atoms with van der Waals surface area (Å²) in [5.41, 5.74) is 2.91. The van der Waals surface area contributed by atoms with Crippen LogP contribution in [0.3, 0.4) is 0 Å². The first-order chi connectivity index (χ1) is 9.26. The zero-order chi connectivity index (χ0) is 15.3. The van der Waals surface area contributed by atoms with Gasteiger partial charge < -0.3 is 9.84 Å². The van der Waals surface area contributed by atoms with Gasteiger partial charge in [-0.25, -0.2) is 4.79 Å². The van der Waals surface area contributed by atoms with Gasteiger partial charge in [-0.1, -0.05) is 25.6 Å². The molecule has 2 N–H and O–H groups in total. The van der Waals surface area contributed by atoms with Crippen molar-refractivity contribution >= 4 is 8.07 Å². The Morgan fingerprint density at radius 2 is 2.00 bits per heavy atom. The van der Waals surface area contributed by atoms with Crippen molar-refractivity contribution in [1.82, 2.24) is 9.55 Å². The number of aromatic amines is 1. The quantitative estimate of drug-likeness (QED) is 0.467. The van der Waals surface area contributed by atoms with Crippen molar-refractivity contribution < 1.29 is 9.84 Å². The third-order valence-corrected chi connectivity index (χ3v) is 3.32. The van der Waals surface area contributed by atoms with Crippen molar-refractivity contribution in [2.24, 2.45) is 0 Å². The summed E-state index contributed by atoms with van der Waals surface area (Å²) in [4.78, 5) is 25.7. The topological polar surface area (TPSA) is 84.3 Å². The molecule has 7 heteroatoms. The molecule has 20 heavy (non-hydrogen) atoms. The number of nitrogens with zero attached hydrogens (tertiary/aromatic N) is 1. The average Bonchev–Trinajstić information content (AvgIpc) is 2.33. The molecule has 6 nitrogen and oxygen atoms in total. The van der Waals surface area contributed by atoms with E-state index < -0.39 is 19.3 Å². The number of aliphatic hydroxyl groups is 1. The Bertz CT molecular complexity index is 644. The van der Waals surface area contributed by atoms with Crippen LogP contribution in [0.4, 0.5) is 0 Å². The van der Waals surface area contributed by atoms with E-state index in [9.17, 15) is 9.59 Å². The van der Waals surface area contributed by atoms with Gasteiger partial charge >= 0.3 is 5.69 Å². The van der Waals surface area contributed by atoms with Crippen molar-refractivity contribution in [3.05, 3.63) is 32.1 Å². The normalized spacial score (nSPS) is 11.1. The van der Waals surface area contributed by atoms with Gasteiger partial charge in [-0.3, -0.25) is 14.3 Å². The molecule has 0 fully saturated rings. The average molecular weight is 296 g/mol. The molecule has 0 aliphatic rings. The first-order valence-electron chi connectivity index (χ1n) is 6.32. The van der Waals surface area contributed by atoms with Gasteiger partial charge in [0.2, 0.25) is 0 Å². The molecule has 1 heterocycles. The largest absolute Gasteiger partial charge is 0.394 e. The van der Waals surface area contributed by atoms with Gasteiger partial charge in [0.1, 0.15) is 20.5 Å². The number of aliphatic hydroxyl groups excluding tert-OH is 1. The second kappa shape index (κ2) is 6.70. The van der Waals surface area contributed by atoms with E-state index in [-0.39, 0.29) is 19.9 Å². The van der Waals surface area contributed by atoms with Crippen molar-refractivity contribution in [2.75, 3.05) is 13.2 Å². The molecule has 1 rings (SSSR count). The fraction of sp³-hybridized carbons (Fsp3) is 0.538. The van der Waals surface area contributed by atoms with E-state index in [0.717, 1.165) is 0 Å². The maximum Gasteiger partial charge on any atom is 0.331 e. The number of H-pyrrole nitrogens is 1. The van der Waals surface area contributed by atoms with Crippen LogP contribution in [0.1, 0.15) is 11.3 Å². The number of hydrogen-bond acceptors (Lipinski definition) is 4. The van der Waals surface area contributed by atoms with Gasteiger partial charge in [0.05, 0.1) is 13.2 Å². The maximum absolute atomic E-state index is 11.8. The summed E-state index contributed by atoms with van der Waals surface area (Å²) in [6, 6.07) is 0. The van der Waals surface area contributed by atoms with Crippen LogP contribution in [0, 0.1) is 18.4 Å². The van der Waals surface area contributed by atoms with Crippen LogP contribution in [-0.2, 0) is 11.5 Å². The van der Waals surface area contributed by atoms with Crippen LogP contribution >= 0.6 is 0 Å². The molecule has 0 radical (unpaired) electrons. The zero-order valence-corrected chi connectivity index (χ0v) is 13.2. The first kappa shape index (κ1) is 16.4. The smallest absolute Gasteiger partial charge is 0.331 e. The minimum atomic E-state index is -1.63. The van der Waals surface area contributed by atoms with E-state index in [0.29, 0.717) is 11.3 Å². The molecular weight excluding hydrogens is 276 g/mol. The Hall–Kier alpha value is -1.62. The van der Waals surface area contributed by atoms with Crippen molar-refractivity contribution in [3.8, 4) is 11.5 Å². The van der Waals surface area contributed by atoms with E-state index in [2.05, 4.69) is 36.1 Å². The number of ether oxygens (including phenoxy) is 1. The Kier molecular flexibility index (Phi) is 5.50. The zero-order valence-electron chi connectivity index (χ0n) is 12.2. The van der Waals surface area contributed by atoms with E-state index in [4.69, 9.17) is 9.84 Å². The van der Waals surface area contributed by atoms with Crippen molar-refractivity contribution in [1.29, 1.82) is 0 Å². The third-order valence-electron chi connectivity index (χ3n) is 2.44. The minimum absolute atomic E-state index is 0.0489. The predicted octanol–water partition coefficient (Wildman–Crippen LogP) is 0.0403. The number of aromatic nitrogens is 2. The summed E-state index contributed by atoms with van der Waals surface area (Å²) in [7, 11) is -1.63. The highest BCUT2D eigenvalue weighted by atomic mass is 28.3. The lowest BCUT2D eigenvalue weighted by Crippen LogP contribution is -2.34. The van der Waals surface area contributed by atoms with E-state index >= 15 is 0 Å². The Morgan fingerprint density at radius 3 is 2.55 bits per heavy atom. The number of rotatable bonds is 4. The summed E-state index contributed by atoms with van der Waals surface area (Å²) >= 11 is 0. The monoisotopic (exact) mass is 296 g/mol. The molecule has 1 aromatic rings. The van der Waals surface area contributed by atoms with E-state index in [1.165, 1.54) is 4.57 Å². The van der Waals surface area contributed by atoms with Crippen LogP contribution in [0.15, 0.2) is 9.59 Å². The molecule has 0 aliphatic carbocycles. The predicted molar refractivity (Wildman–Crippen MR) is 79.3 cm³/mol. The highest BCUT2D eigenvalue weighted by Crippen LogP contribution is 2.02. The maximum atomic E-state index is 11.8. The summed E-state index contributed by atoms with van der Waals surface area (Å²) in [5.74, 6) is 2.94. The highest BCUT2D eigenvalue weighted by molar-refractivity contribution is 6.83. The van der Waals surface area contributed by atoms with Gasteiger partial charge in [0, 0.05) is 5.56 Å². The first-order valence-corrected chi connectivity index (χ1v) is 9.82. The molecule has 0 unspecified atom stereocenters. The van der Waals surface area contributed by atoms with Gasteiger partial charge in [-0.2, -0.15) is 0 Å². The standard InChI is InChI=1S/C13H20N2O4Si/c1-10-11(5-8-20(2,3)4)15(9-19-7-6-16)13(18)14-12(10)17/h16H,6-7,9H2,1-4H3,(H,14,17,18). The molecule has 0 bridgehead atoms. The molecule has 0 saturated carbocycles. The van der Waals surface area contributed by atoms with E-state index in [1.807, 2.05) is 0 Å². The lowest BCUT2D eigenvalue weighted by atomic mass is 10.2. The second-order valence-corrected chi connectivity index (χ2v) is 10.2. The molecular formula is C13H20N2O4Si. The molecule has 0 atom stereocenters. The minimum Gasteiger partial charge on any atom is -0.394 e. The molecule has 0 aliphatic heterocycles. The van der Waals surface area contributed by atoms with Crippen LogP contribution in [0.5, 0.6) is 0 Å². The highest BCUT2D eigenvalue weighted by Gasteiger charge is 2.12. The Labute approximate surface area is 118 Å². The summed E-state index contributed by atoms with van der Waals surface area (Å²) in [6.07, 6.45) is 0. The molecule has 0 amide bonds. The third kappa shape index (κ3) is 4.49. The van der Waals surface area contributed by atoms with Crippen LogP contribution in [0.25, 0.3) is 0 Å². The fourth-order valence-electron chi connectivity index (χ4n) is 1.42. The van der Waals surface area contributed by atoms with Crippen molar-refractivity contribution in [3.63, 3.8) is 0 Å². The van der Waals surface area contributed by atoms with Crippen LogP contribution in [-0.4, -0.2) is 35.9 Å². The summed E-state index contributed by atoms with van der Waals surface area (Å²) in [5, 5.41) is 8.70. The molecule has 0 saturated heterocycles. The van der Waals surface area contributed by atoms with Crippen LogP contribution < -0.4 is 11.2 Å². The van der Waals surface area contributed by atoms with Gasteiger partial charge in [0.15, 0.2) is 0 Å². The van der Waals surface area contributed by atoms with Crippen molar-refractivity contribution in [2.45, 2.75) is 33.3 Å². The molecule has 110 valence electrons. The van der Waals surface area contributed by atoms with Gasteiger partial charge in [-0.15, -0.1) is 5.54 Å². The summed E-state index contributed by atoms with van der Waals surface area (Å²) in [6.45, 7) is 7.79. The Balaban J connectivity index is 3.33. The molecule has 0 spiro atoms. The van der Waals surface area contributed by atoms with E-state index in [1.54, 1.807) is 6.92 Å². The lowest BCUT2D eigenvalue weighted by Gasteiger charge is -2.11. The lowest BCUT2D eigenvalue weighted by molar-refractivity contribution is 0.0451. The molecule has 0 aromatic carbocycles. The van der Waals surface area contributed by atoms with Gasteiger partial charge in [0.25, 0.3) is 5.56 Å². The van der Waals surface area contributed by atoms with Crippen LogP contribution in [0.2, 0.25) is 19.6 Å². The molecule has 1 aromatic heterocycles. The second-order valence-electron chi connectivity index (χ2n) is 5.42. The Morgan fingerprint density at radius 1 is 1.35 bits per heavy atom. The van der Waals surface area contributed by atoms with Gasteiger partial charge in [-0.05, 0) is 6.92 Å². The SMILES string of the molecule is Cc1c(C#C[Si](C)(C)C)n(COCCO)c(=O)[nH]c1=O.